The van der Waals surface area contributed by atoms with Gasteiger partial charge >= 0.3 is 0 Å². The quantitative estimate of drug-likeness (QED) is 0.150. The van der Waals surface area contributed by atoms with Gasteiger partial charge in [-0.3, -0.25) is 4.90 Å². The van der Waals surface area contributed by atoms with E-state index in [9.17, 15) is 0 Å². The molecule has 0 saturated heterocycles. The standard InChI is InChI=1S/C82H63N3O4/c1-48-25-34-54(35-26-48)84(55-36-28-50(29-37-55)80(3,4)5)65-45-63-76(74-59-19-11-15-23-69(59)88-78(65)74)77-64(46-66(79-75(77)60-20-12-16-24-70(60)89-79)85(73-42-27-49(2)47-83-73)56-38-30-51(31-39-56)81(6,7)8)82(63,52-32-40-71-61(43-52)57-17-9-13-21-67(57)86-71)53-33-41-72-62(44-53)58-18-10-14-22-68(58)87-72/h9-47H,1-8H3. The molecular formula is C82H63N3O4. The van der Waals surface area contributed by atoms with Crippen LogP contribution in [0.5, 0.6) is 0 Å². The molecule has 430 valence electrons. The van der Waals surface area contributed by atoms with Crippen LogP contribution in [0.25, 0.3) is 98.9 Å². The van der Waals surface area contributed by atoms with Gasteiger partial charge in [0.15, 0.2) is 11.2 Å². The van der Waals surface area contributed by atoms with Gasteiger partial charge in [-0.1, -0.05) is 174 Å². The lowest BCUT2D eigenvalue weighted by Gasteiger charge is -2.36. The van der Waals surface area contributed by atoms with Crippen LogP contribution < -0.4 is 9.80 Å². The Labute approximate surface area is 515 Å². The predicted octanol–water partition coefficient (Wildman–Crippen LogP) is 23.2. The van der Waals surface area contributed by atoms with Gasteiger partial charge in [-0.05, 0) is 178 Å². The molecule has 5 aromatic heterocycles. The van der Waals surface area contributed by atoms with E-state index in [0.717, 1.165) is 161 Å². The summed E-state index contributed by atoms with van der Waals surface area (Å²) < 4.78 is 28.5. The van der Waals surface area contributed by atoms with Crippen LogP contribution in [0, 0.1) is 13.8 Å². The smallest absolute Gasteiger partial charge is 0.160 e. The van der Waals surface area contributed by atoms with E-state index in [1.165, 1.54) is 16.7 Å². The lowest BCUT2D eigenvalue weighted by atomic mass is 9.67. The molecule has 11 aromatic carbocycles. The van der Waals surface area contributed by atoms with E-state index in [1.807, 2.05) is 18.3 Å². The first-order valence-electron chi connectivity index (χ1n) is 30.8. The number of nitrogens with zero attached hydrogens (tertiary/aromatic N) is 3. The third-order valence-corrected chi connectivity index (χ3v) is 18.8. The summed E-state index contributed by atoms with van der Waals surface area (Å²) in [5.74, 6) is 0.760. The van der Waals surface area contributed by atoms with E-state index in [4.69, 9.17) is 22.7 Å². The SMILES string of the molecule is Cc1ccc(N(c2ccc(C(C)(C)C)cc2)c2cc3c(c4c2oc2ccccc24)-c2c(cc(N(c4ccc(C(C)(C)C)cc4)c4ccc(C)cn4)c4oc5ccccc5c24)C3(c2ccc3oc4ccccc4c3c2)c2ccc3oc4ccccc4c3c2)cc1. The molecule has 5 heterocycles. The zero-order chi connectivity index (χ0) is 60.2. The van der Waals surface area contributed by atoms with Gasteiger partial charge in [0.1, 0.15) is 39.3 Å². The molecule has 0 unspecified atom stereocenters. The van der Waals surface area contributed by atoms with Crippen molar-refractivity contribution in [2.24, 2.45) is 0 Å². The normalized spacial score (nSPS) is 13.3. The Bertz CT molecular complexity index is 5180. The monoisotopic (exact) mass is 1150 g/mol. The zero-order valence-corrected chi connectivity index (χ0v) is 51.0. The second kappa shape index (κ2) is 19.2. The number of pyridine rings is 1. The molecular weight excluding hydrogens is 1090 g/mol. The summed E-state index contributed by atoms with van der Waals surface area (Å²) in [4.78, 5) is 10.0. The molecule has 0 aliphatic heterocycles. The Kier molecular flexibility index (Phi) is 11.4. The minimum absolute atomic E-state index is 0.0661. The first kappa shape index (κ1) is 52.7. The highest BCUT2D eigenvalue weighted by Crippen LogP contribution is 2.65. The van der Waals surface area contributed by atoms with Crippen LogP contribution in [0.2, 0.25) is 0 Å². The molecule has 1 aliphatic rings. The molecule has 17 rings (SSSR count). The number of anilines is 6. The van der Waals surface area contributed by atoms with Gasteiger partial charge in [0.2, 0.25) is 0 Å². The Hall–Kier alpha value is -10.6. The number of furan rings is 4. The van der Waals surface area contributed by atoms with Gasteiger partial charge in [-0.15, -0.1) is 0 Å². The van der Waals surface area contributed by atoms with E-state index in [1.54, 1.807) is 0 Å². The maximum absolute atomic E-state index is 7.52. The first-order chi connectivity index (χ1) is 43.2. The molecule has 16 aromatic rings. The highest BCUT2D eigenvalue weighted by molar-refractivity contribution is 6.27. The third-order valence-electron chi connectivity index (χ3n) is 18.8. The number of rotatable bonds is 8. The van der Waals surface area contributed by atoms with Crippen LogP contribution in [-0.2, 0) is 16.2 Å². The largest absolute Gasteiger partial charge is 0.456 e. The molecule has 0 saturated carbocycles. The Morgan fingerprint density at radius 3 is 1.17 bits per heavy atom. The van der Waals surface area contributed by atoms with Crippen LogP contribution in [0.15, 0.2) is 254 Å². The zero-order valence-electron chi connectivity index (χ0n) is 51.0. The minimum atomic E-state index is -1.11. The fourth-order valence-corrected chi connectivity index (χ4v) is 14.4. The van der Waals surface area contributed by atoms with E-state index in [2.05, 4.69) is 284 Å². The van der Waals surface area contributed by atoms with E-state index in [-0.39, 0.29) is 10.8 Å². The first-order valence-corrected chi connectivity index (χ1v) is 30.8. The Balaban J connectivity index is 1.11. The molecule has 0 N–H and O–H groups in total. The van der Waals surface area contributed by atoms with E-state index < -0.39 is 5.41 Å². The van der Waals surface area contributed by atoms with Crippen molar-refractivity contribution >= 4 is 122 Å². The van der Waals surface area contributed by atoms with Gasteiger partial charge in [-0.2, -0.15) is 0 Å². The molecule has 0 fully saturated rings. The Morgan fingerprint density at radius 1 is 0.348 bits per heavy atom. The lowest BCUT2D eigenvalue weighted by molar-refractivity contribution is 0.590. The minimum Gasteiger partial charge on any atom is -0.456 e. The van der Waals surface area contributed by atoms with Crippen LogP contribution in [0.4, 0.5) is 34.3 Å². The fraction of sp³-hybridized carbons (Fsp3) is 0.134. The van der Waals surface area contributed by atoms with Crippen molar-refractivity contribution in [2.45, 2.75) is 71.6 Å². The van der Waals surface area contributed by atoms with Crippen LogP contribution in [0.3, 0.4) is 0 Å². The lowest BCUT2D eigenvalue weighted by Crippen LogP contribution is -2.29. The van der Waals surface area contributed by atoms with Crippen LogP contribution in [-0.4, -0.2) is 4.98 Å². The topological polar surface area (TPSA) is 71.9 Å². The average molecular weight is 1150 g/mol. The number of aromatic nitrogens is 1. The average Bonchev–Trinajstić information content (AvgIpc) is 1.51. The number of aryl methyl sites for hydroxylation is 2. The van der Waals surface area contributed by atoms with Crippen molar-refractivity contribution in [1.29, 1.82) is 0 Å². The molecule has 0 atom stereocenters. The van der Waals surface area contributed by atoms with Crippen molar-refractivity contribution in [3.05, 3.63) is 281 Å². The van der Waals surface area contributed by atoms with Gasteiger partial charge in [0.25, 0.3) is 0 Å². The van der Waals surface area contributed by atoms with E-state index in [0.29, 0.717) is 0 Å². The van der Waals surface area contributed by atoms with Crippen molar-refractivity contribution < 1.29 is 17.7 Å². The number of para-hydroxylation sites is 4. The molecule has 7 heteroatoms. The summed E-state index contributed by atoms with van der Waals surface area (Å²) >= 11 is 0. The van der Waals surface area contributed by atoms with Gasteiger partial charge < -0.3 is 22.6 Å². The van der Waals surface area contributed by atoms with Crippen molar-refractivity contribution in [3.8, 4) is 11.1 Å². The number of fused-ring (bicyclic) bond motifs is 17. The number of hydrogen-bond donors (Lipinski definition) is 0. The number of benzene rings is 11. The molecule has 1 aliphatic carbocycles. The Morgan fingerprint density at radius 2 is 0.730 bits per heavy atom. The maximum atomic E-state index is 7.52. The van der Waals surface area contributed by atoms with Gasteiger partial charge in [-0.25, -0.2) is 4.98 Å². The van der Waals surface area contributed by atoms with Crippen molar-refractivity contribution in [1.82, 2.24) is 4.98 Å². The second-order valence-corrected chi connectivity index (χ2v) is 26.4. The van der Waals surface area contributed by atoms with Gasteiger partial charge in [0, 0.05) is 66.3 Å². The van der Waals surface area contributed by atoms with E-state index >= 15 is 0 Å². The summed E-state index contributed by atoms with van der Waals surface area (Å²) in [5.41, 5.74) is 21.0. The fourth-order valence-electron chi connectivity index (χ4n) is 14.4. The van der Waals surface area contributed by atoms with Crippen molar-refractivity contribution in [3.63, 3.8) is 0 Å². The summed E-state index contributed by atoms with van der Waals surface area (Å²) in [5, 5.41) is 8.16. The maximum Gasteiger partial charge on any atom is 0.160 e. The highest BCUT2D eigenvalue weighted by Gasteiger charge is 2.51. The second-order valence-electron chi connectivity index (χ2n) is 26.4. The summed E-state index contributed by atoms with van der Waals surface area (Å²) in [6, 6.07) is 83.9. The van der Waals surface area contributed by atoms with Gasteiger partial charge in [0.05, 0.1) is 16.8 Å². The molecule has 0 spiro atoms. The molecule has 0 radical (unpaired) electrons. The summed E-state index contributed by atoms with van der Waals surface area (Å²) in [6.07, 6.45) is 1.96. The predicted molar refractivity (Wildman–Crippen MR) is 367 cm³/mol. The van der Waals surface area contributed by atoms with Crippen LogP contribution in [0.1, 0.15) is 86.1 Å². The van der Waals surface area contributed by atoms with Crippen LogP contribution >= 0.6 is 0 Å². The molecule has 7 nitrogen and oxygen atoms in total. The highest BCUT2D eigenvalue weighted by atomic mass is 16.3. The summed E-state index contributed by atoms with van der Waals surface area (Å²) in [6.45, 7) is 17.8. The number of hydrogen-bond acceptors (Lipinski definition) is 7. The molecule has 0 bridgehead atoms. The molecule has 89 heavy (non-hydrogen) atoms. The third kappa shape index (κ3) is 7.93. The van der Waals surface area contributed by atoms with Crippen molar-refractivity contribution in [2.75, 3.05) is 9.80 Å². The summed E-state index contributed by atoms with van der Waals surface area (Å²) in [7, 11) is 0. The molecule has 0 amide bonds.